The molecule has 6 heteroatoms. The van der Waals surface area contributed by atoms with Crippen molar-refractivity contribution in [2.75, 3.05) is 6.61 Å². The van der Waals surface area contributed by atoms with Gasteiger partial charge >= 0.3 is 0 Å². The van der Waals surface area contributed by atoms with E-state index in [0.29, 0.717) is 6.73 Å². The summed E-state index contributed by atoms with van der Waals surface area (Å²) in [6.45, 7) is 8.29. The first-order chi connectivity index (χ1) is 9.44. The average Bonchev–Trinajstić information content (AvgIpc) is 2.82. The van der Waals surface area contributed by atoms with Crippen molar-refractivity contribution in [2.45, 2.75) is 32.4 Å². The van der Waals surface area contributed by atoms with Crippen LogP contribution in [0.1, 0.15) is 0 Å². The van der Waals surface area contributed by atoms with Gasteiger partial charge in [-0.2, -0.15) is 0 Å². The fraction of sp³-hybridized carbons (Fsp3) is 0.429. The van der Waals surface area contributed by atoms with Crippen LogP contribution >= 0.6 is 15.9 Å². The Hall–Kier alpha value is -0.983. The van der Waals surface area contributed by atoms with E-state index in [1.165, 1.54) is 6.04 Å². The lowest BCUT2D eigenvalue weighted by atomic mass is 10.2. The van der Waals surface area contributed by atoms with Gasteiger partial charge in [0.2, 0.25) is 0 Å². The van der Waals surface area contributed by atoms with Gasteiger partial charge in [0.15, 0.2) is 0 Å². The van der Waals surface area contributed by atoms with Crippen molar-refractivity contribution < 1.29 is 4.74 Å². The smallest absolute Gasteiger partial charge is 0.141 e. The van der Waals surface area contributed by atoms with Crippen LogP contribution in [0.4, 0.5) is 0 Å². The minimum atomic E-state index is -1.02. The van der Waals surface area contributed by atoms with E-state index in [-0.39, 0.29) is 0 Å². The van der Waals surface area contributed by atoms with Gasteiger partial charge in [0.25, 0.3) is 0 Å². The molecule has 0 saturated heterocycles. The fourth-order valence-corrected chi connectivity index (χ4v) is 2.83. The molecule has 0 aliphatic rings. The summed E-state index contributed by atoms with van der Waals surface area (Å²) in [5.74, 6) is 0. The summed E-state index contributed by atoms with van der Waals surface area (Å²) in [4.78, 5) is 0. The zero-order chi connectivity index (χ0) is 14.6. The first-order valence-corrected chi connectivity index (χ1v) is 11.2. The van der Waals surface area contributed by atoms with Gasteiger partial charge in [0, 0.05) is 24.7 Å². The van der Waals surface area contributed by atoms with E-state index >= 15 is 0 Å². The Morgan fingerprint density at radius 2 is 2.10 bits per heavy atom. The van der Waals surface area contributed by atoms with E-state index in [9.17, 15) is 0 Å². The van der Waals surface area contributed by atoms with Crippen LogP contribution in [-0.4, -0.2) is 29.7 Å². The molecule has 0 bridgehead atoms. The Bertz CT molecular complexity index is 566. The van der Waals surface area contributed by atoms with Crippen molar-refractivity contribution in [3.8, 4) is 11.3 Å². The average molecular weight is 354 g/mol. The summed E-state index contributed by atoms with van der Waals surface area (Å²) in [5.41, 5.74) is 1.91. The number of ether oxygens (including phenoxy) is 1. The lowest BCUT2D eigenvalue weighted by Crippen LogP contribution is -2.22. The van der Waals surface area contributed by atoms with Gasteiger partial charge < -0.3 is 4.74 Å². The molecule has 0 N–H and O–H groups in total. The van der Waals surface area contributed by atoms with Crippen LogP contribution in [0.5, 0.6) is 0 Å². The summed E-state index contributed by atoms with van der Waals surface area (Å²) in [5, 5.41) is 8.27. The Kier molecular flexibility index (Phi) is 5.12. The third-order valence-electron chi connectivity index (χ3n) is 2.88. The number of hydrogen-bond acceptors (Lipinski definition) is 3. The molecule has 20 heavy (non-hydrogen) atoms. The Morgan fingerprint density at radius 3 is 2.80 bits per heavy atom. The highest BCUT2D eigenvalue weighted by molar-refractivity contribution is 9.10. The van der Waals surface area contributed by atoms with Crippen LogP contribution in [0.25, 0.3) is 11.3 Å². The second kappa shape index (κ2) is 6.65. The summed E-state index contributed by atoms with van der Waals surface area (Å²) < 4.78 is 8.43. The standard InChI is InChI=1S/C14H20BrN3OSi/c1-20(2,3)8-7-19-11-18-10-14(16-17-18)12-5-4-6-13(15)9-12/h4-6,9-10H,7-8,11H2,1-3H3. The highest BCUT2D eigenvalue weighted by atomic mass is 79.9. The van der Waals surface area contributed by atoms with Gasteiger partial charge in [-0.1, -0.05) is 52.9 Å². The minimum absolute atomic E-state index is 0.464. The molecule has 0 aliphatic heterocycles. The highest BCUT2D eigenvalue weighted by Crippen LogP contribution is 2.20. The fourth-order valence-electron chi connectivity index (χ4n) is 1.68. The Balaban J connectivity index is 1.90. The third kappa shape index (κ3) is 4.85. The lowest BCUT2D eigenvalue weighted by molar-refractivity contribution is 0.0772. The van der Waals surface area contributed by atoms with E-state index < -0.39 is 8.07 Å². The number of aromatic nitrogens is 3. The molecule has 0 saturated carbocycles. The maximum Gasteiger partial charge on any atom is 0.141 e. The Morgan fingerprint density at radius 1 is 1.30 bits per heavy atom. The van der Waals surface area contributed by atoms with Gasteiger partial charge in [-0.15, -0.1) is 5.10 Å². The van der Waals surface area contributed by atoms with E-state index in [4.69, 9.17) is 4.74 Å². The van der Waals surface area contributed by atoms with E-state index in [1.807, 2.05) is 30.5 Å². The van der Waals surface area contributed by atoms with Crippen LogP contribution in [0.2, 0.25) is 25.7 Å². The van der Waals surface area contributed by atoms with Crippen molar-refractivity contribution in [1.82, 2.24) is 15.0 Å². The van der Waals surface area contributed by atoms with E-state index in [1.54, 1.807) is 4.68 Å². The lowest BCUT2D eigenvalue weighted by Gasteiger charge is -2.15. The molecule has 0 fully saturated rings. The molecule has 0 radical (unpaired) electrons. The normalized spacial score (nSPS) is 11.8. The molecule has 0 spiro atoms. The van der Waals surface area contributed by atoms with Crippen LogP contribution in [-0.2, 0) is 11.5 Å². The molecule has 0 amide bonds. The van der Waals surface area contributed by atoms with Crippen LogP contribution in [0.3, 0.4) is 0 Å². The first kappa shape index (κ1) is 15.4. The number of benzene rings is 1. The van der Waals surface area contributed by atoms with Crippen molar-refractivity contribution in [3.63, 3.8) is 0 Å². The molecule has 0 aliphatic carbocycles. The molecule has 1 heterocycles. The largest absolute Gasteiger partial charge is 0.359 e. The monoisotopic (exact) mass is 353 g/mol. The molecular weight excluding hydrogens is 334 g/mol. The van der Waals surface area contributed by atoms with Gasteiger partial charge in [-0.05, 0) is 18.2 Å². The number of rotatable bonds is 6. The molecule has 0 atom stereocenters. The number of nitrogens with zero attached hydrogens (tertiary/aromatic N) is 3. The molecule has 4 nitrogen and oxygen atoms in total. The number of halogens is 1. The van der Waals surface area contributed by atoms with Gasteiger partial charge in [0.05, 0.1) is 6.20 Å². The van der Waals surface area contributed by atoms with E-state index in [0.717, 1.165) is 22.3 Å². The molecule has 1 aromatic heterocycles. The maximum atomic E-state index is 5.65. The second-order valence-electron chi connectivity index (χ2n) is 6.00. The summed E-state index contributed by atoms with van der Waals surface area (Å²) >= 11 is 3.46. The molecule has 2 rings (SSSR count). The van der Waals surface area contributed by atoms with Crippen molar-refractivity contribution >= 4 is 24.0 Å². The van der Waals surface area contributed by atoms with Crippen LogP contribution in [0.15, 0.2) is 34.9 Å². The predicted octanol–water partition coefficient (Wildman–Crippen LogP) is 4.02. The first-order valence-electron chi connectivity index (χ1n) is 6.68. The van der Waals surface area contributed by atoms with Gasteiger partial charge in [-0.25, -0.2) is 4.68 Å². The zero-order valence-electron chi connectivity index (χ0n) is 12.1. The summed E-state index contributed by atoms with van der Waals surface area (Å²) in [6.07, 6.45) is 1.91. The molecule has 108 valence electrons. The molecular formula is C14H20BrN3OSi. The van der Waals surface area contributed by atoms with Gasteiger partial charge in [-0.3, -0.25) is 0 Å². The van der Waals surface area contributed by atoms with Crippen LogP contribution in [0, 0.1) is 0 Å². The zero-order valence-corrected chi connectivity index (χ0v) is 14.7. The quantitative estimate of drug-likeness (QED) is 0.581. The SMILES string of the molecule is C[Si](C)(C)CCOCn1cc(-c2cccc(Br)c2)nn1. The van der Waals surface area contributed by atoms with Crippen molar-refractivity contribution in [1.29, 1.82) is 0 Å². The van der Waals surface area contributed by atoms with Crippen molar-refractivity contribution in [3.05, 3.63) is 34.9 Å². The summed E-state index contributed by atoms with van der Waals surface area (Å²) in [7, 11) is -1.02. The third-order valence-corrected chi connectivity index (χ3v) is 5.08. The predicted molar refractivity (Wildman–Crippen MR) is 87.3 cm³/mol. The maximum absolute atomic E-state index is 5.65. The molecule has 2 aromatic rings. The summed E-state index contributed by atoms with van der Waals surface area (Å²) in [6, 6.07) is 9.20. The molecule has 0 unspecified atom stereocenters. The highest BCUT2D eigenvalue weighted by Gasteiger charge is 2.12. The number of hydrogen-bond donors (Lipinski definition) is 0. The topological polar surface area (TPSA) is 39.9 Å². The van der Waals surface area contributed by atoms with Gasteiger partial charge in [0.1, 0.15) is 12.4 Å². The second-order valence-corrected chi connectivity index (χ2v) is 12.5. The van der Waals surface area contributed by atoms with Crippen LogP contribution < -0.4 is 0 Å². The minimum Gasteiger partial charge on any atom is -0.359 e. The van der Waals surface area contributed by atoms with E-state index in [2.05, 4.69) is 45.9 Å². The molecule has 1 aromatic carbocycles. The Labute approximate surface area is 129 Å². The van der Waals surface area contributed by atoms with Crippen molar-refractivity contribution in [2.24, 2.45) is 0 Å².